The van der Waals surface area contributed by atoms with Gasteiger partial charge in [0.25, 0.3) is 5.91 Å². The lowest BCUT2D eigenvalue weighted by atomic mass is 9.91. The minimum Gasteiger partial charge on any atom is -0.345 e. The molecule has 1 aromatic heterocycles. The number of carbonyl (C=O) groups is 1. The molecule has 3 aromatic carbocycles. The Balaban J connectivity index is 0.000000225. The molecule has 4 nitrogen and oxygen atoms in total. The molecule has 0 N–H and O–H groups in total. The highest BCUT2D eigenvalue weighted by molar-refractivity contribution is 7.09. The fourth-order valence-corrected chi connectivity index (χ4v) is 4.48. The maximum absolute atomic E-state index is 11.5. The van der Waals surface area contributed by atoms with Crippen molar-refractivity contribution in [3.8, 4) is 17.2 Å². The lowest BCUT2D eigenvalue weighted by molar-refractivity contribution is 0.0827. The van der Waals surface area contributed by atoms with Crippen molar-refractivity contribution in [3.63, 3.8) is 0 Å². The summed E-state index contributed by atoms with van der Waals surface area (Å²) in [7, 11) is 3.52. The van der Waals surface area contributed by atoms with Crippen molar-refractivity contribution in [3.05, 3.63) is 111 Å². The van der Waals surface area contributed by atoms with Crippen LogP contribution in [0.25, 0.3) is 11.1 Å². The molecule has 178 valence electrons. The first-order valence-corrected chi connectivity index (χ1v) is 12.5. The third-order valence-corrected chi connectivity index (χ3v) is 6.95. The summed E-state index contributed by atoms with van der Waals surface area (Å²) in [5, 5.41) is 9.43. The van der Waals surface area contributed by atoms with E-state index in [4.69, 9.17) is 0 Å². The molecule has 4 aromatic rings. The van der Waals surface area contributed by atoms with Crippen LogP contribution in [0, 0.1) is 18.3 Å². The van der Waals surface area contributed by atoms with Gasteiger partial charge in [0.1, 0.15) is 0 Å². The average Bonchev–Trinajstić information content (AvgIpc) is 3.43. The number of amides is 1. The molecule has 5 heteroatoms. The van der Waals surface area contributed by atoms with Gasteiger partial charge in [0.2, 0.25) is 0 Å². The summed E-state index contributed by atoms with van der Waals surface area (Å²) in [6.07, 6.45) is 2.93. The van der Waals surface area contributed by atoms with Crippen LogP contribution in [0.1, 0.15) is 57.3 Å². The second-order valence-corrected chi connectivity index (χ2v) is 9.53. The molecule has 0 saturated carbocycles. The van der Waals surface area contributed by atoms with Crippen LogP contribution < -0.4 is 0 Å². The third-order valence-electron chi connectivity index (χ3n) is 5.99. The van der Waals surface area contributed by atoms with Crippen LogP contribution in [0.5, 0.6) is 0 Å². The Hall–Kier alpha value is -3.75. The van der Waals surface area contributed by atoms with E-state index in [-0.39, 0.29) is 11.8 Å². The molecule has 0 radical (unpaired) electrons. The van der Waals surface area contributed by atoms with Crippen LogP contribution in [0.3, 0.4) is 0 Å². The van der Waals surface area contributed by atoms with Gasteiger partial charge in [0.15, 0.2) is 0 Å². The SMILES string of the molecule is CCc1ccc(C(=O)N(C)C)cc1.Cc1ccccc1-c1cc(C(C)c2cncs2)ccc1C#N. The Morgan fingerprint density at radius 2 is 1.77 bits per heavy atom. The van der Waals surface area contributed by atoms with Gasteiger partial charge < -0.3 is 4.90 Å². The molecule has 35 heavy (non-hydrogen) atoms. The molecule has 1 heterocycles. The van der Waals surface area contributed by atoms with Gasteiger partial charge in [-0.15, -0.1) is 11.3 Å². The summed E-state index contributed by atoms with van der Waals surface area (Å²) in [4.78, 5) is 18.5. The van der Waals surface area contributed by atoms with E-state index in [9.17, 15) is 10.1 Å². The predicted octanol–water partition coefficient (Wildman–Crippen LogP) is 7.09. The minimum atomic E-state index is 0.0580. The zero-order valence-corrected chi connectivity index (χ0v) is 21.8. The Morgan fingerprint density at radius 3 is 2.34 bits per heavy atom. The number of hydrogen-bond donors (Lipinski definition) is 0. The van der Waals surface area contributed by atoms with Gasteiger partial charge in [-0.3, -0.25) is 9.78 Å². The summed E-state index contributed by atoms with van der Waals surface area (Å²) < 4.78 is 0. The van der Waals surface area contributed by atoms with Crippen LogP contribution in [0.15, 0.2) is 78.4 Å². The van der Waals surface area contributed by atoms with Crippen molar-refractivity contribution in [2.45, 2.75) is 33.1 Å². The quantitative estimate of drug-likeness (QED) is 0.306. The first kappa shape index (κ1) is 25.9. The van der Waals surface area contributed by atoms with Crippen LogP contribution in [-0.2, 0) is 6.42 Å². The lowest BCUT2D eigenvalue weighted by Gasteiger charge is -2.14. The van der Waals surface area contributed by atoms with E-state index < -0.39 is 0 Å². The summed E-state index contributed by atoms with van der Waals surface area (Å²) in [5.41, 5.74) is 9.11. The summed E-state index contributed by atoms with van der Waals surface area (Å²) in [5.74, 6) is 0.339. The maximum atomic E-state index is 11.5. The minimum absolute atomic E-state index is 0.0580. The van der Waals surface area contributed by atoms with Crippen molar-refractivity contribution >= 4 is 17.2 Å². The van der Waals surface area contributed by atoms with Gasteiger partial charge in [-0.1, -0.05) is 56.3 Å². The first-order chi connectivity index (χ1) is 16.8. The average molecular weight is 482 g/mol. The van der Waals surface area contributed by atoms with Crippen LogP contribution in [-0.4, -0.2) is 29.9 Å². The highest BCUT2D eigenvalue weighted by Gasteiger charge is 2.14. The highest BCUT2D eigenvalue weighted by atomic mass is 32.1. The number of nitriles is 1. The largest absolute Gasteiger partial charge is 0.345 e. The number of aromatic nitrogens is 1. The lowest BCUT2D eigenvalue weighted by Crippen LogP contribution is -2.21. The second kappa shape index (κ2) is 12.1. The van der Waals surface area contributed by atoms with E-state index in [1.807, 2.05) is 60.2 Å². The molecule has 1 amide bonds. The number of thiazole rings is 1. The molecule has 0 bridgehead atoms. The molecule has 1 unspecified atom stereocenters. The first-order valence-electron chi connectivity index (χ1n) is 11.6. The standard InChI is InChI=1S/C19H16N2S.C11H15NO/c1-13-5-3-4-6-17(13)18-9-15(7-8-16(18)10-20)14(2)19-11-21-12-22-19;1-4-9-5-7-10(8-6-9)11(13)12(2)3/h3-9,11-12,14H,1-2H3;5-8H,4H2,1-3H3. The number of hydrogen-bond acceptors (Lipinski definition) is 4. The fourth-order valence-electron chi connectivity index (χ4n) is 3.77. The van der Waals surface area contributed by atoms with Crippen molar-refractivity contribution in [1.82, 2.24) is 9.88 Å². The zero-order valence-electron chi connectivity index (χ0n) is 20.9. The normalized spacial score (nSPS) is 11.1. The molecule has 0 aliphatic rings. The molecule has 0 saturated heterocycles. The Bertz CT molecular complexity index is 1300. The zero-order chi connectivity index (χ0) is 25.4. The van der Waals surface area contributed by atoms with Gasteiger partial charge in [-0.2, -0.15) is 5.26 Å². The number of nitrogens with zero attached hydrogens (tertiary/aromatic N) is 3. The van der Waals surface area contributed by atoms with E-state index in [1.54, 1.807) is 30.3 Å². The molecular weight excluding hydrogens is 450 g/mol. The molecule has 0 aliphatic carbocycles. The van der Waals surface area contributed by atoms with E-state index in [1.165, 1.54) is 21.6 Å². The van der Waals surface area contributed by atoms with E-state index >= 15 is 0 Å². The van der Waals surface area contributed by atoms with Crippen LogP contribution in [0.2, 0.25) is 0 Å². The van der Waals surface area contributed by atoms with Gasteiger partial charge in [-0.05, 0) is 65.4 Å². The molecule has 0 aliphatic heterocycles. The van der Waals surface area contributed by atoms with Gasteiger partial charge in [-0.25, -0.2) is 0 Å². The smallest absolute Gasteiger partial charge is 0.253 e. The van der Waals surface area contributed by atoms with Crippen molar-refractivity contribution in [2.75, 3.05) is 14.1 Å². The molecular formula is C30H31N3OS. The number of benzene rings is 3. The van der Waals surface area contributed by atoms with E-state index in [0.717, 1.165) is 28.7 Å². The fraction of sp³-hybridized carbons (Fsp3) is 0.233. The molecule has 0 spiro atoms. The maximum Gasteiger partial charge on any atom is 0.253 e. The third kappa shape index (κ3) is 6.44. The van der Waals surface area contributed by atoms with Crippen LogP contribution in [0.4, 0.5) is 0 Å². The van der Waals surface area contributed by atoms with Crippen molar-refractivity contribution < 1.29 is 4.79 Å². The Labute approximate surface area is 212 Å². The van der Waals surface area contributed by atoms with Gasteiger partial charge >= 0.3 is 0 Å². The topological polar surface area (TPSA) is 57.0 Å². The highest BCUT2D eigenvalue weighted by Crippen LogP contribution is 2.33. The van der Waals surface area contributed by atoms with E-state index in [0.29, 0.717) is 0 Å². The summed E-state index contributed by atoms with van der Waals surface area (Å²) in [6, 6.07) is 24.4. The monoisotopic (exact) mass is 481 g/mol. The molecule has 1 atom stereocenters. The van der Waals surface area contributed by atoms with Crippen molar-refractivity contribution in [1.29, 1.82) is 5.26 Å². The van der Waals surface area contributed by atoms with E-state index in [2.05, 4.69) is 50.0 Å². The number of aryl methyl sites for hydroxylation is 2. The Morgan fingerprint density at radius 1 is 1.06 bits per heavy atom. The number of carbonyl (C=O) groups excluding carboxylic acids is 1. The van der Waals surface area contributed by atoms with Gasteiger partial charge in [0, 0.05) is 36.7 Å². The van der Waals surface area contributed by atoms with Gasteiger partial charge in [0.05, 0.1) is 17.1 Å². The summed E-state index contributed by atoms with van der Waals surface area (Å²) >= 11 is 1.66. The molecule has 4 rings (SSSR count). The second-order valence-electron chi connectivity index (χ2n) is 8.61. The van der Waals surface area contributed by atoms with Crippen molar-refractivity contribution in [2.24, 2.45) is 0 Å². The Kier molecular flexibility index (Phi) is 8.94. The predicted molar refractivity (Wildman–Crippen MR) is 145 cm³/mol. The molecule has 0 fully saturated rings. The van der Waals surface area contributed by atoms with Crippen LogP contribution >= 0.6 is 11.3 Å². The summed E-state index contributed by atoms with van der Waals surface area (Å²) in [6.45, 7) is 6.36. The number of rotatable bonds is 5.